The number of aromatic nitrogens is 2. The second-order valence-electron chi connectivity index (χ2n) is 7.94. The number of anilines is 1. The lowest BCUT2D eigenvalue weighted by Gasteiger charge is -2.24. The van der Waals surface area contributed by atoms with Crippen molar-refractivity contribution >= 4 is 34.3 Å². The van der Waals surface area contributed by atoms with Crippen molar-refractivity contribution in [3.63, 3.8) is 0 Å². The van der Waals surface area contributed by atoms with Gasteiger partial charge in [-0.25, -0.2) is 4.98 Å². The predicted octanol–water partition coefficient (Wildman–Crippen LogP) is 1.53. The first-order chi connectivity index (χ1) is 16.4. The highest BCUT2D eigenvalue weighted by Crippen LogP contribution is 2.24. The molecule has 34 heavy (non-hydrogen) atoms. The lowest BCUT2D eigenvalue weighted by molar-refractivity contribution is -0.135. The van der Waals surface area contributed by atoms with Gasteiger partial charge < -0.3 is 15.4 Å². The fourth-order valence-electron chi connectivity index (χ4n) is 3.92. The third kappa shape index (κ3) is 4.67. The quantitative estimate of drug-likeness (QED) is 0.358. The van der Waals surface area contributed by atoms with Gasteiger partial charge >= 0.3 is 0 Å². The number of carbonyl (C=O) groups excluding carboxylic acids is 3. The van der Waals surface area contributed by atoms with Crippen LogP contribution in [0.5, 0.6) is 5.75 Å². The molecule has 1 fully saturated rings. The van der Waals surface area contributed by atoms with Crippen LogP contribution in [0.25, 0.3) is 10.9 Å². The largest absolute Gasteiger partial charge is 0.492 e. The minimum atomic E-state index is -0.814. The van der Waals surface area contributed by atoms with E-state index in [0.29, 0.717) is 41.5 Å². The van der Waals surface area contributed by atoms with Crippen LogP contribution >= 0.6 is 0 Å². The van der Waals surface area contributed by atoms with E-state index < -0.39 is 17.5 Å². The molecular formula is C24H25N5O5. The Kier molecular flexibility index (Phi) is 6.69. The summed E-state index contributed by atoms with van der Waals surface area (Å²) in [6, 6.07) is 10.9. The second-order valence-corrected chi connectivity index (χ2v) is 7.94. The van der Waals surface area contributed by atoms with E-state index in [1.807, 2.05) is 7.05 Å². The Bertz CT molecular complexity index is 1330. The molecule has 1 aliphatic rings. The molecule has 10 heteroatoms. The maximum Gasteiger partial charge on any atom is 0.262 e. The average molecular weight is 463 g/mol. The van der Waals surface area contributed by atoms with E-state index in [0.717, 1.165) is 0 Å². The number of ether oxygens (including phenoxy) is 1. The summed E-state index contributed by atoms with van der Waals surface area (Å²) in [4.78, 5) is 54.6. The number of benzene rings is 2. The molecule has 0 saturated carbocycles. The lowest BCUT2D eigenvalue weighted by atomic mass is 10.1. The number of likely N-dealkylation sites (N-methyl/N-ethyl adjacent to an activating group) is 1. The van der Waals surface area contributed by atoms with E-state index in [1.54, 1.807) is 49.4 Å². The van der Waals surface area contributed by atoms with Gasteiger partial charge in [-0.1, -0.05) is 12.1 Å². The first-order valence-electron chi connectivity index (χ1n) is 10.9. The summed E-state index contributed by atoms with van der Waals surface area (Å²) in [6.45, 7) is 2.76. The zero-order valence-electron chi connectivity index (χ0n) is 18.9. The zero-order valence-corrected chi connectivity index (χ0v) is 18.9. The minimum absolute atomic E-state index is 0.147. The molecule has 176 valence electrons. The maximum atomic E-state index is 13.3. The van der Waals surface area contributed by atoms with Crippen molar-refractivity contribution in [2.24, 2.45) is 0 Å². The van der Waals surface area contributed by atoms with Crippen LogP contribution in [0.1, 0.15) is 35.1 Å². The van der Waals surface area contributed by atoms with Gasteiger partial charge in [-0.3, -0.25) is 29.1 Å². The molecule has 1 aromatic heterocycles. The topological polar surface area (TPSA) is 131 Å². The van der Waals surface area contributed by atoms with Gasteiger partial charge in [0.05, 0.1) is 11.1 Å². The molecule has 4 rings (SSSR count). The number of piperidine rings is 1. The molecule has 1 aliphatic heterocycles. The average Bonchev–Trinajstić information content (AvgIpc) is 2.81. The standard InChI is InChI=1S/C24H25N5O5/c1-14-26-21-17(24(33)29(14)19-9-10-20(30)28-23(19)32)7-4-8-18(21)27-22(31)15-5-3-6-16(13-15)34-12-11-25-2/h3-8,13,19,25H,9-12H2,1-2H3,(H,27,31)(H,28,30,32). The Hall–Kier alpha value is -4.05. The van der Waals surface area contributed by atoms with Crippen molar-refractivity contribution in [3.8, 4) is 5.75 Å². The predicted molar refractivity (Wildman–Crippen MR) is 126 cm³/mol. The molecule has 2 heterocycles. The van der Waals surface area contributed by atoms with Crippen LogP contribution in [0, 0.1) is 6.92 Å². The molecule has 3 amide bonds. The second kappa shape index (κ2) is 9.84. The van der Waals surface area contributed by atoms with E-state index in [-0.39, 0.29) is 30.0 Å². The smallest absolute Gasteiger partial charge is 0.262 e. The van der Waals surface area contributed by atoms with E-state index in [4.69, 9.17) is 4.74 Å². The van der Waals surface area contributed by atoms with Crippen LogP contribution in [0.4, 0.5) is 5.69 Å². The van der Waals surface area contributed by atoms with Crippen LogP contribution < -0.4 is 26.2 Å². The number of aryl methyl sites for hydroxylation is 1. The van der Waals surface area contributed by atoms with Gasteiger partial charge in [0.25, 0.3) is 11.5 Å². The summed E-state index contributed by atoms with van der Waals surface area (Å²) in [7, 11) is 1.83. The highest BCUT2D eigenvalue weighted by atomic mass is 16.5. The fraction of sp³-hybridized carbons (Fsp3) is 0.292. The summed E-state index contributed by atoms with van der Waals surface area (Å²) in [5.41, 5.74) is 0.684. The maximum absolute atomic E-state index is 13.3. The third-order valence-corrected chi connectivity index (χ3v) is 5.59. The SMILES string of the molecule is CNCCOc1cccc(C(=O)Nc2cccc3c(=O)n(C4CCC(=O)NC4=O)c(C)nc23)c1. The van der Waals surface area contributed by atoms with Gasteiger partial charge in [0, 0.05) is 18.5 Å². The van der Waals surface area contributed by atoms with Crippen LogP contribution in [-0.4, -0.2) is 47.5 Å². The number of hydrogen-bond acceptors (Lipinski definition) is 7. The van der Waals surface area contributed by atoms with Crippen molar-refractivity contribution in [3.05, 3.63) is 64.2 Å². The Labute approximate surface area is 195 Å². The highest BCUT2D eigenvalue weighted by molar-refractivity contribution is 6.08. The summed E-state index contributed by atoms with van der Waals surface area (Å²) in [5.74, 6) is -0.373. The van der Waals surface area contributed by atoms with Gasteiger partial charge in [-0.2, -0.15) is 0 Å². The Balaban J connectivity index is 1.64. The molecule has 10 nitrogen and oxygen atoms in total. The van der Waals surface area contributed by atoms with Crippen LogP contribution in [0.3, 0.4) is 0 Å². The minimum Gasteiger partial charge on any atom is -0.492 e. The van der Waals surface area contributed by atoms with Crippen molar-refractivity contribution < 1.29 is 19.1 Å². The molecule has 1 saturated heterocycles. The number of nitrogens with zero attached hydrogens (tertiary/aromatic N) is 2. The van der Waals surface area contributed by atoms with Gasteiger partial charge in [0.15, 0.2) is 0 Å². The molecule has 0 spiro atoms. The summed E-state index contributed by atoms with van der Waals surface area (Å²) >= 11 is 0. The number of carbonyl (C=O) groups is 3. The number of fused-ring (bicyclic) bond motifs is 1. The Morgan fingerprint density at radius 2 is 2.00 bits per heavy atom. The van der Waals surface area contributed by atoms with Gasteiger partial charge in [0.2, 0.25) is 11.8 Å². The number of rotatable bonds is 7. The molecule has 1 atom stereocenters. The number of para-hydroxylation sites is 1. The molecule has 0 radical (unpaired) electrons. The van der Waals surface area contributed by atoms with Gasteiger partial charge in [-0.05, 0) is 50.7 Å². The normalized spacial score (nSPS) is 15.8. The fourth-order valence-corrected chi connectivity index (χ4v) is 3.92. The Morgan fingerprint density at radius 3 is 2.76 bits per heavy atom. The molecule has 1 unspecified atom stereocenters. The van der Waals surface area contributed by atoms with Gasteiger partial charge in [-0.15, -0.1) is 0 Å². The molecule has 0 bridgehead atoms. The third-order valence-electron chi connectivity index (χ3n) is 5.59. The molecule has 0 aliphatic carbocycles. The molecular weight excluding hydrogens is 438 g/mol. The van der Waals surface area contributed by atoms with E-state index in [9.17, 15) is 19.2 Å². The highest BCUT2D eigenvalue weighted by Gasteiger charge is 2.30. The van der Waals surface area contributed by atoms with Crippen molar-refractivity contribution in [1.82, 2.24) is 20.2 Å². The van der Waals surface area contributed by atoms with Crippen molar-refractivity contribution in [2.75, 3.05) is 25.5 Å². The molecule has 2 aromatic carbocycles. The van der Waals surface area contributed by atoms with E-state index >= 15 is 0 Å². The van der Waals surface area contributed by atoms with Crippen molar-refractivity contribution in [1.29, 1.82) is 0 Å². The molecule has 3 aromatic rings. The first kappa shape index (κ1) is 23.1. The zero-order chi connectivity index (χ0) is 24.2. The number of imide groups is 1. The summed E-state index contributed by atoms with van der Waals surface area (Å²) < 4.78 is 6.93. The van der Waals surface area contributed by atoms with Crippen LogP contribution in [0.2, 0.25) is 0 Å². The summed E-state index contributed by atoms with van der Waals surface area (Å²) in [5, 5.41) is 8.34. The van der Waals surface area contributed by atoms with Crippen LogP contribution in [-0.2, 0) is 9.59 Å². The molecule has 3 N–H and O–H groups in total. The van der Waals surface area contributed by atoms with E-state index in [1.165, 1.54) is 4.57 Å². The first-order valence-corrected chi connectivity index (χ1v) is 10.9. The monoisotopic (exact) mass is 463 g/mol. The van der Waals surface area contributed by atoms with Gasteiger partial charge in [0.1, 0.15) is 29.7 Å². The van der Waals surface area contributed by atoms with Crippen LogP contribution in [0.15, 0.2) is 47.3 Å². The van der Waals surface area contributed by atoms with E-state index in [2.05, 4.69) is 20.9 Å². The number of hydrogen-bond donors (Lipinski definition) is 3. The number of amides is 3. The number of nitrogens with one attached hydrogen (secondary N) is 3. The lowest BCUT2D eigenvalue weighted by Crippen LogP contribution is -2.45. The Morgan fingerprint density at radius 1 is 1.21 bits per heavy atom. The summed E-state index contributed by atoms with van der Waals surface area (Å²) in [6.07, 6.45) is 0.371. The van der Waals surface area contributed by atoms with Crippen molar-refractivity contribution in [2.45, 2.75) is 25.8 Å².